The molecule has 0 heterocycles. The molecule has 0 aromatic rings. The Morgan fingerprint density at radius 1 is 0.808 bits per heavy atom. The molecule has 0 amide bonds. The van der Waals surface area contributed by atoms with E-state index in [-0.39, 0.29) is 6.10 Å². The Kier molecular flexibility index (Phi) is 5.47. The van der Waals surface area contributed by atoms with Gasteiger partial charge in [0.25, 0.3) is 0 Å². The molecular weight excluding hydrogens is 320 g/mol. The molecule has 0 spiro atoms. The van der Waals surface area contributed by atoms with E-state index < -0.39 is 0 Å². The highest BCUT2D eigenvalue weighted by atomic mass is 16.3. The van der Waals surface area contributed by atoms with Gasteiger partial charge in [-0.15, -0.1) is 0 Å². The summed E-state index contributed by atoms with van der Waals surface area (Å²) in [6.07, 6.45) is 17.0. The highest BCUT2D eigenvalue weighted by Gasteiger charge is 2.59. The minimum absolute atomic E-state index is 0.0201. The molecule has 0 saturated heterocycles. The molecule has 0 aromatic carbocycles. The fourth-order valence-corrected chi connectivity index (χ4v) is 8.50. The van der Waals surface area contributed by atoms with Crippen LogP contribution in [0.4, 0.5) is 0 Å². The third-order valence-electron chi connectivity index (χ3n) is 10.0. The molecule has 2 nitrogen and oxygen atoms in total. The Morgan fingerprint density at radius 2 is 1.58 bits per heavy atom. The van der Waals surface area contributed by atoms with E-state index in [0.717, 1.165) is 48.9 Å². The van der Waals surface area contributed by atoms with Gasteiger partial charge >= 0.3 is 0 Å². The number of unbranched alkanes of at least 4 members (excludes halogenated alkanes) is 2. The summed E-state index contributed by atoms with van der Waals surface area (Å²) in [5.74, 6) is 4.58. The van der Waals surface area contributed by atoms with Crippen molar-refractivity contribution in [1.29, 1.82) is 0 Å². The molecule has 4 aliphatic rings. The number of aliphatic hydroxyl groups is 2. The molecule has 4 saturated carbocycles. The summed E-state index contributed by atoms with van der Waals surface area (Å²) in [5, 5.41) is 19.2. The van der Waals surface area contributed by atoms with E-state index in [1.807, 2.05) is 0 Å². The lowest BCUT2D eigenvalue weighted by Crippen LogP contribution is -2.53. The maximum absolute atomic E-state index is 10.2. The number of aliphatic hydroxyl groups excluding tert-OH is 2. The van der Waals surface area contributed by atoms with E-state index in [9.17, 15) is 5.11 Å². The average Bonchev–Trinajstić information content (AvgIpc) is 2.96. The van der Waals surface area contributed by atoms with Gasteiger partial charge in [0.1, 0.15) is 0 Å². The van der Waals surface area contributed by atoms with Gasteiger partial charge in [0.2, 0.25) is 0 Å². The van der Waals surface area contributed by atoms with Gasteiger partial charge in [-0.3, -0.25) is 0 Å². The molecule has 26 heavy (non-hydrogen) atoms. The van der Waals surface area contributed by atoms with Gasteiger partial charge in [-0.2, -0.15) is 0 Å². The van der Waals surface area contributed by atoms with E-state index in [1.54, 1.807) is 0 Å². The lowest BCUT2D eigenvalue weighted by molar-refractivity contribution is -0.127. The zero-order chi connectivity index (χ0) is 18.4. The molecule has 2 N–H and O–H groups in total. The molecule has 4 fully saturated rings. The minimum atomic E-state index is -0.0201. The van der Waals surface area contributed by atoms with Gasteiger partial charge in [-0.1, -0.05) is 26.7 Å². The molecule has 0 aromatic heterocycles. The van der Waals surface area contributed by atoms with Crippen LogP contribution in [-0.4, -0.2) is 22.9 Å². The second-order valence-corrected chi connectivity index (χ2v) is 11.0. The van der Waals surface area contributed by atoms with Crippen LogP contribution in [0.1, 0.15) is 97.3 Å². The maximum Gasteiger partial charge on any atom is 0.0543 e. The molecule has 0 bridgehead atoms. The molecule has 2 heteroatoms. The zero-order valence-corrected chi connectivity index (χ0v) is 17.3. The molecule has 5 unspecified atom stereocenters. The molecular formula is C24H42O2. The van der Waals surface area contributed by atoms with Crippen molar-refractivity contribution in [2.75, 3.05) is 6.61 Å². The molecule has 150 valence electrons. The van der Waals surface area contributed by atoms with E-state index in [4.69, 9.17) is 5.11 Å². The van der Waals surface area contributed by atoms with Crippen molar-refractivity contribution in [3.63, 3.8) is 0 Å². The largest absolute Gasteiger partial charge is 0.396 e. The normalized spacial score (nSPS) is 50.8. The van der Waals surface area contributed by atoms with Crippen molar-refractivity contribution in [3.8, 4) is 0 Å². The molecule has 0 aliphatic heterocycles. The van der Waals surface area contributed by atoms with E-state index >= 15 is 0 Å². The predicted molar refractivity (Wildman–Crippen MR) is 107 cm³/mol. The van der Waals surface area contributed by atoms with Crippen molar-refractivity contribution in [2.45, 2.75) is 103 Å². The lowest BCUT2D eigenvalue weighted by Gasteiger charge is -2.61. The lowest BCUT2D eigenvalue weighted by atomic mass is 9.44. The topological polar surface area (TPSA) is 40.5 Å². The molecule has 4 aliphatic carbocycles. The van der Waals surface area contributed by atoms with Gasteiger partial charge < -0.3 is 10.2 Å². The standard InChI is InChI=1S/C24H42O2/c1-23-14-12-22-20(9-7-18-16-19(26)11-13-24(18,22)2)21(23)10-8-17(23)6-4-3-5-15-25/h17-22,25-26H,3-16H2,1-2H3/t17-,18?,19-,20?,21?,22?,23?,24-/m0/s1. The van der Waals surface area contributed by atoms with Crippen LogP contribution in [-0.2, 0) is 0 Å². The van der Waals surface area contributed by atoms with Crippen LogP contribution in [0.15, 0.2) is 0 Å². The summed E-state index contributed by atoms with van der Waals surface area (Å²) >= 11 is 0. The van der Waals surface area contributed by atoms with Crippen LogP contribution in [0.5, 0.6) is 0 Å². The van der Waals surface area contributed by atoms with Gasteiger partial charge in [0.15, 0.2) is 0 Å². The van der Waals surface area contributed by atoms with Crippen LogP contribution in [0.2, 0.25) is 0 Å². The smallest absolute Gasteiger partial charge is 0.0543 e. The quantitative estimate of drug-likeness (QED) is 0.629. The Bertz CT molecular complexity index is 491. The van der Waals surface area contributed by atoms with Crippen molar-refractivity contribution in [3.05, 3.63) is 0 Å². The van der Waals surface area contributed by atoms with Crippen molar-refractivity contribution < 1.29 is 10.2 Å². The first-order valence-electron chi connectivity index (χ1n) is 11.8. The predicted octanol–water partition coefficient (Wildman–Crippen LogP) is 5.56. The summed E-state index contributed by atoms with van der Waals surface area (Å²) in [6.45, 7) is 5.61. The van der Waals surface area contributed by atoms with E-state index in [2.05, 4.69) is 13.8 Å². The Morgan fingerprint density at radius 3 is 2.38 bits per heavy atom. The van der Waals surface area contributed by atoms with Gasteiger partial charge in [-0.05, 0) is 111 Å². The van der Waals surface area contributed by atoms with Crippen molar-refractivity contribution in [1.82, 2.24) is 0 Å². The second-order valence-electron chi connectivity index (χ2n) is 11.0. The third kappa shape index (κ3) is 3.08. The number of rotatable bonds is 5. The van der Waals surface area contributed by atoms with Crippen LogP contribution in [0.25, 0.3) is 0 Å². The first-order valence-corrected chi connectivity index (χ1v) is 11.8. The molecule has 4 rings (SSSR count). The highest BCUT2D eigenvalue weighted by Crippen LogP contribution is 2.67. The van der Waals surface area contributed by atoms with Crippen LogP contribution >= 0.6 is 0 Å². The zero-order valence-electron chi connectivity index (χ0n) is 17.3. The van der Waals surface area contributed by atoms with Gasteiger partial charge in [0.05, 0.1) is 6.10 Å². The Hall–Kier alpha value is -0.0800. The number of hydrogen-bond acceptors (Lipinski definition) is 2. The highest BCUT2D eigenvalue weighted by molar-refractivity contribution is 5.09. The summed E-state index contributed by atoms with van der Waals surface area (Å²) < 4.78 is 0. The van der Waals surface area contributed by atoms with E-state index in [0.29, 0.717) is 17.4 Å². The SMILES string of the molecule is CC12CCC3C(CCC4C[C@@H](O)CC[C@@]43C)C1CC[C@@H]2CCCCCO. The maximum atomic E-state index is 10.2. The fourth-order valence-electron chi connectivity index (χ4n) is 8.50. The van der Waals surface area contributed by atoms with Crippen molar-refractivity contribution >= 4 is 0 Å². The first kappa shape index (κ1) is 19.2. The first-order chi connectivity index (χ1) is 12.5. The van der Waals surface area contributed by atoms with Crippen molar-refractivity contribution in [2.24, 2.45) is 40.4 Å². The van der Waals surface area contributed by atoms with Crippen LogP contribution in [0, 0.1) is 40.4 Å². The minimum Gasteiger partial charge on any atom is -0.396 e. The fraction of sp³-hybridized carbons (Fsp3) is 1.00. The van der Waals surface area contributed by atoms with Gasteiger partial charge in [-0.25, -0.2) is 0 Å². The summed E-state index contributed by atoms with van der Waals surface area (Å²) in [5.41, 5.74) is 1.11. The summed E-state index contributed by atoms with van der Waals surface area (Å²) in [4.78, 5) is 0. The average molecular weight is 363 g/mol. The third-order valence-corrected chi connectivity index (χ3v) is 10.0. The summed E-state index contributed by atoms with van der Waals surface area (Å²) in [7, 11) is 0. The van der Waals surface area contributed by atoms with Gasteiger partial charge in [0, 0.05) is 6.61 Å². The second kappa shape index (κ2) is 7.39. The van der Waals surface area contributed by atoms with E-state index in [1.165, 1.54) is 64.2 Å². The Labute approximate surface area is 161 Å². The molecule has 0 radical (unpaired) electrons. The molecule has 8 atom stereocenters. The van der Waals surface area contributed by atoms with Crippen LogP contribution < -0.4 is 0 Å². The number of fused-ring (bicyclic) bond motifs is 5. The Balaban J connectivity index is 1.46. The summed E-state index contributed by atoms with van der Waals surface area (Å²) in [6, 6.07) is 0. The van der Waals surface area contributed by atoms with Crippen LogP contribution in [0.3, 0.4) is 0 Å². The number of hydrogen-bond donors (Lipinski definition) is 2. The monoisotopic (exact) mass is 362 g/mol.